The lowest BCUT2D eigenvalue weighted by Crippen LogP contribution is -1.99. The fourth-order valence-electron chi connectivity index (χ4n) is 2.19. The predicted octanol–water partition coefficient (Wildman–Crippen LogP) is 3.50. The number of aromatic nitrogens is 3. The maximum Gasteiger partial charge on any atom is 0.134 e. The van der Waals surface area contributed by atoms with E-state index in [2.05, 4.69) is 21.0 Å². The number of rotatable bonds is 3. The molecule has 0 aliphatic heterocycles. The van der Waals surface area contributed by atoms with E-state index in [0.717, 1.165) is 22.0 Å². The van der Waals surface area contributed by atoms with Crippen LogP contribution in [-0.2, 0) is 11.3 Å². The van der Waals surface area contributed by atoms with Crippen LogP contribution in [0.15, 0.2) is 42.7 Å². The molecule has 0 atom stereocenters. The van der Waals surface area contributed by atoms with Crippen LogP contribution in [-0.4, -0.2) is 22.1 Å². The van der Waals surface area contributed by atoms with Crippen LogP contribution in [0.5, 0.6) is 0 Å². The van der Waals surface area contributed by atoms with Gasteiger partial charge in [0, 0.05) is 30.5 Å². The van der Waals surface area contributed by atoms with Crippen molar-refractivity contribution in [2.75, 3.05) is 7.11 Å². The van der Waals surface area contributed by atoms with Gasteiger partial charge in [-0.15, -0.1) is 0 Å². The number of pyridine rings is 1. The van der Waals surface area contributed by atoms with Gasteiger partial charge in [0.2, 0.25) is 0 Å². The number of methoxy groups -OCH3 is 1. The summed E-state index contributed by atoms with van der Waals surface area (Å²) in [6.07, 6.45) is 3.68. The second-order valence-electron chi connectivity index (χ2n) is 4.42. The summed E-state index contributed by atoms with van der Waals surface area (Å²) in [4.78, 5) is 11.8. The number of fused-ring (bicyclic) bond motifs is 1. The third-order valence-corrected chi connectivity index (χ3v) is 3.24. The number of H-pyrrole nitrogens is 1. The van der Waals surface area contributed by atoms with Crippen LogP contribution in [0, 0.1) is 4.64 Å². The Balaban J connectivity index is 2.23. The number of benzene rings is 1. The van der Waals surface area contributed by atoms with Gasteiger partial charge < -0.3 is 9.72 Å². The van der Waals surface area contributed by atoms with Gasteiger partial charge in [0.15, 0.2) is 0 Å². The maximum absolute atomic E-state index is 5.22. The topological polar surface area (TPSA) is 50.8 Å². The first-order valence-electron chi connectivity index (χ1n) is 6.20. The average Bonchev–Trinajstić information content (AvgIpc) is 2.46. The van der Waals surface area contributed by atoms with Gasteiger partial charge in [-0.25, -0.2) is 4.98 Å². The Morgan fingerprint density at radius 1 is 1.25 bits per heavy atom. The zero-order valence-electron chi connectivity index (χ0n) is 11.0. The van der Waals surface area contributed by atoms with Crippen molar-refractivity contribution in [1.29, 1.82) is 0 Å². The van der Waals surface area contributed by atoms with Gasteiger partial charge in [0.25, 0.3) is 0 Å². The molecule has 5 heteroatoms. The highest BCUT2D eigenvalue weighted by Crippen LogP contribution is 2.26. The standard InChI is InChI=1S/C15H13N3OS/c1-19-9-14-17-13(6-15(20)18-14)12-8-16-7-10-4-2-3-5-11(10)12/h2-8H,9H2,1H3,(H,17,18,20). The van der Waals surface area contributed by atoms with Crippen LogP contribution in [0.25, 0.3) is 22.0 Å². The summed E-state index contributed by atoms with van der Waals surface area (Å²) in [6, 6.07) is 9.96. The minimum atomic E-state index is 0.398. The smallest absolute Gasteiger partial charge is 0.134 e. The van der Waals surface area contributed by atoms with Gasteiger partial charge in [-0.1, -0.05) is 36.5 Å². The number of nitrogens with zero attached hydrogens (tertiary/aromatic N) is 2. The highest BCUT2D eigenvalue weighted by atomic mass is 32.1. The third kappa shape index (κ3) is 2.45. The Morgan fingerprint density at radius 3 is 2.95 bits per heavy atom. The van der Waals surface area contributed by atoms with Crippen LogP contribution in [0.2, 0.25) is 0 Å². The number of ether oxygens (including phenoxy) is 1. The van der Waals surface area contributed by atoms with Crippen molar-refractivity contribution < 1.29 is 4.74 Å². The predicted molar refractivity (Wildman–Crippen MR) is 80.9 cm³/mol. The summed E-state index contributed by atoms with van der Waals surface area (Å²) < 4.78 is 5.65. The summed E-state index contributed by atoms with van der Waals surface area (Å²) >= 11 is 5.22. The van der Waals surface area contributed by atoms with Crippen molar-refractivity contribution in [2.24, 2.45) is 0 Å². The summed E-state index contributed by atoms with van der Waals surface area (Å²) in [6.45, 7) is 0.398. The molecule has 0 aliphatic carbocycles. The quantitative estimate of drug-likeness (QED) is 0.747. The fourth-order valence-corrected chi connectivity index (χ4v) is 2.42. The van der Waals surface area contributed by atoms with Crippen LogP contribution in [0.1, 0.15) is 5.82 Å². The Labute approximate surface area is 121 Å². The second kappa shape index (κ2) is 5.48. The Hall–Kier alpha value is -2.11. The summed E-state index contributed by atoms with van der Waals surface area (Å²) in [7, 11) is 1.63. The van der Waals surface area contributed by atoms with E-state index in [1.807, 2.05) is 36.7 Å². The molecule has 3 aromatic rings. The van der Waals surface area contributed by atoms with E-state index in [1.54, 1.807) is 7.11 Å². The molecule has 20 heavy (non-hydrogen) atoms. The van der Waals surface area contributed by atoms with Crippen molar-refractivity contribution in [3.63, 3.8) is 0 Å². The van der Waals surface area contributed by atoms with Crippen molar-refractivity contribution in [1.82, 2.24) is 15.0 Å². The van der Waals surface area contributed by atoms with Crippen LogP contribution in [0.4, 0.5) is 0 Å². The largest absolute Gasteiger partial charge is 0.377 e. The first kappa shape index (κ1) is 12.9. The van der Waals surface area contributed by atoms with E-state index < -0.39 is 0 Å². The van der Waals surface area contributed by atoms with Crippen molar-refractivity contribution in [3.8, 4) is 11.3 Å². The van der Waals surface area contributed by atoms with Crippen molar-refractivity contribution in [3.05, 3.63) is 53.2 Å². The van der Waals surface area contributed by atoms with Gasteiger partial charge in [-0.3, -0.25) is 4.98 Å². The van der Waals surface area contributed by atoms with E-state index in [-0.39, 0.29) is 0 Å². The van der Waals surface area contributed by atoms with Crippen molar-refractivity contribution >= 4 is 23.0 Å². The van der Waals surface area contributed by atoms with Gasteiger partial charge in [0.1, 0.15) is 17.1 Å². The second-order valence-corrected chi connectivity index (χ2v) is 4.84. The first-order chi connectivity index (χ1) is 9.78. The maximum atomic E-state index is 5.22. The van der Waals surface area contributed by atoms with E-state index in [9.17, 15) is 0 Å². The Kier molecular flexibility index (Phi) is 3.54. The third-order valence-electron chi connectivity index (χ3n) is 3.03. The molecule has 100 valence electrons. The number of hydrogen-bond acceptors (Lipinski definition) is 4. The molecule has 0 saturated heterocycles. The molecule has 0 radical (unpaired) electrons. The van der Waals surface area contributed by atoms with E-state index in [0.29, 0.717) is 17.1 Å². The fraction of sp³-hybridized carbons (Fsp3) is 0.133. The number of nitrogens with one attached hydrogen (secondary N) is 1. The molecular weight excluding hydrogens is 270 g/mol. The molecule has 0 saturated carbocycles. The van der Waals surface area contributed by atoms with Gasteiger partial charge in [0.05, 0.1) is 5.69 Å². The van der Waals surface area contributed by atoms with Gasteiger partial charge in [-0.2, -0.15) is 0 Å². The molecule has 0 fully saturated rings. The zero-order chi connectivity index (χ0) is 13.9. The SMILES string of the molecule is COCc1nc(=S)cc(-c2cncc3ccccc23)[nH]1. The minimum Gasteiger partial charge on any atom is -0.377 e. The lowest BCUT2D eigenvalue weighted by Gasteiger charge is -2.08. The molecule has 0 aliphatic rings. The van der Waals surface area contributed by atoms with Crippen molar-refractivity contribution in [2.45, 2.75) is 6.61 Å². The number of hydrogen-bond donors (Lipinski definition) is 1. The zero-order valence-corrected chi connectivity index (χ0v) is 11.8. The van der Waals surface area contributed by atoms with Crippen LogP contribution in [0.3, 0.4) is 0 Å². The molecule has 0 unspecified atom stereocenters. The molecule has 0 bridgehead atoms. The average molecular weight is 283 g/mol. The molecule has 0 spiro atoms. The van der Waals surface area contributed by atoms with E-state index >= 15 is 0 Å². The Morgan fingerprint density at radius 2 is 2.10 bits per heavy atom. The molecule has 3 rings (SSSR count). The van der Waals surface area contributed by atoms with Gasteiger partial charge >= 0.3 is 0 Å². The lowest BCUT2D eigenvalue weighted by molar-refractivity contribution is 0.178. The molecule has 1 aromatic carbocycles. The first-order valence-corrected chi connectivity index (χ1v) is 6.61. The Bertz CT molecular complexity index is 808. The molecule has 2 heterocycles. The van der Waals surface area contributed by atoms with Crippen LogP contribution >= 0.6 is 12.2 Å². The monoisotopic (exact) mass is 283 g/mol. The summed E-state index contributed by atoms with van der Waals surface area (Å²) in [5.74, 6) is 0.711. The molecular formula is C15H13N3OS. The minimum absolute atomic E-state index is 0.398. The van der Waals surface area contributed by atoms with E-state index in [4.69, 9.17) is 17.0 Å². The summed E-state index contributed by atoms with van der Waals surface area (Å²) in [5, 5.41) is 2.22. The highest BCUT2D eigenvalue weighted by molar-refractivity contribution is 7.71. The number of aromatic amines is 1. The molecule has 4 nitrogen and oxygen atoms in total. The van der Waals surface area contributed by atoms with E-state index in [1.165, 1.54) is 0 Å². The lowest BCUT2D eigenvalue weighted by atomic mass is 10.1. The highest BCUT2D eigenvalue weighted by Gasteiger charge is 2.06. The molecule has 1 N–H and O–H groups in total. The normalized spacial score (nSPS) is 10.8. The van der Waals surface area contributed by atoms with Gasteiger partial charge in [-0.05, 0) is 11.5 Å². The molecule has 2 aromatic heterocycles. The molecule has 0 amide bonds. The summed E-state index contributed by atoms with van der Waals surface area (Å²) in [5.41, 5.74) is 1.91. The van der Waals surface area contributed by atoms with Crippen LogP contribution < -0.4 is 0 Å².